The van der Waals surface area contributed by atoms with Crippen LogP contribution in [0.3, 0.4) is 0 Å². The van der Waals surface area contributed by atoms with Gasteiger partial charge < -0.3 is 9.55 Å². The SMILES string of the molecule is CC1(C)c2ccc3c4ccccc4n4c3c2C4(C)c2ccc3c([nH]c4ccccc43)c21. The highest BCUT2D eigenvalue weighted by molar-refractivity contribution is 6.14. The van der Waals surface area contributed by atoms with Crippen LogP contribution in [0.25, 0.3) is 43.6 Å². The van der Waals surface area contributed by atoms with Crippen LogP contribution in [-0.2, 0) is 11.0 Å². The van der Waals surface area contributed by atoms with Gasteiger partial charge in [0, 0.05) is 38.0 Å². The zero-order valence-corrected chi connectivity index (χ0v) is 17.9. The summed E-state index contributed by atoms with van der Waals surface area (Å²) < 4.78 is 2.60. The number of benzene rings is 4. The largest absolute Gasteiger partial charge is 0.354 e. The lowest BCUT2D eigenvalue weighted by Gasteiger charge is -2.52. The van der Waals surface area contributed by atoms with Gasteiger partial charge in [0.25, 0.3) is 0 Å². The summed E-state index contributed by atoms with van der Waals surface area (Å²) in [4.78, 5) is 3.80. The molecule has 2 aliphatic rings. The molecule has 0 saturated carbocycles. The van der Waals surface area contributed by atoms with E-state index in [0.717, 1.165) is 0 Å². The van der Waals surface area contributed by atoms with Gasteiger partial charge in [-0.1, -0.05) is 74.5 Å². The Morgan fingerprint density at radius 3 is 2.23 bits per heavy atom. The monoisotopic (exact) mass is 398 g/mol. The van der Waals surface area contributed by atoms with E-state index in [2.05, 4.69) is 103 Å². The Kier molecular flexibility index (Phi) is 2.46. The molecule has 4 aromatic carbocycles. The van der Waals surface area contributed by atoms with Crippen molar-refractivity contribution in [2.45, 2.75) is 31.7 Å². The first-order chi connectivity index (χ1) is 15.0. The van der Waals surface area contributed by atoms with Crippen LogP contribution in [0.5, 0.6) is 0 Å². The van der Waals surface area contributed by atoms with E-state index in [9.17, 15) is 0 Å². The minimum atomic E-state index is -0.135. The van der Waals surface area contributed by atoms with Gasteiger partial charge in [-0.2, -0.15) is 0 Å². The molecule has 0 radical (unpaired) electrons. The number of nitrogens with one attached hydrogen (secondary N) is 1. The molecule has 8 rings (SSSR count). The molecule has 1 atom stereocenters. The first-order valence-corrected chi connectivity index (χ1v) is 11.1. The molecule has 0 saturated heterocycles. The third kappa shape index (κ3) is 1.51. The third-order valence-corrected chi connectivity index (χ3v) is 8.28. The Labute approximate surface area is 180 Å². The predicted molar refractivity (Wildman–Crippen MR) is 129 cm³/mol. The van der Waals surface area contributed by atoms with Gasteiger partial charge >= 0.3 is 0 Å². The summed E-state index contributed by atoms with van der Waals surface area (Å²) in [6.45, 7) is 7.23. The number of fused-ring (bicyclic) bond motifs is 10. The van der Waals surface area contributed by atoms with Crippen LogP contribution in [0.15, 0.2) is 72.8 Å². The standard InChI is InChI=1S/C29H22N2/c1-28(2)20-14-13-19-17-9-5-7-11-23(17)31-27(19)25(20)29(31,3)21-15-12-18-16-8-4-6-10-22(16)30-26(18)24(21)28/h4-15,30H,1-3H3. The van der Waals surface area contributed by atoms with Crippen LogP contribution >= 0.6 is 0 Å². The van der Waals surface area contributed by atoms with Crippen molar-refractivity contribution in [3.8, 4) is 0 Å². The van der Waals surface area contributed by atoms with E-state index in [4.69, 9.17) is 0 Å². The number of nitrogens with zero attached hydrogens (tertiary/aromatic N) is 1. The van der Waals surface area contributed by atoms with E-state index in [1.54, 1.807) is 0 Å². The van der Waals surface area contributed by atoms with Crippen molar-refractivity contribution in [3.05, 3.63) is 95.1 Å². The molecule has 148 valence electrons. The third-order valence-electron chi connectivity index (χ3n) is 8.28. The number of para-hydroxylation sites is 2. The fourth-order valence-electron chi connectivity index (χ4n) is 6.96. The first-order valence-electron chi connectivity index (χ1n) is 11.1. The molecular formula is C29H22N2. The van der Waals surface area contributed by atoms with Crippen molar-refractivity contribution in [2.75, 3.05) is 0 Å². The van der Waals surface area contributed by atoms with Gasteiger partial charge in [0.05, 0.1) is 22.1 Å². The zero-order valence-electron chi connectivity index (χ0n) is 17.9. The minimum absolute atomic E-state index is 0.0690. The Bertz CT molecular complexity index is 1780. The van der Waals surface area contributed by atoms with Crippen molar-refractivity contribution in [3.63, 3.8) is 0 Å². The summed E-state index contributed by atoms with van der Waals surface area (Å²) in [5, 5.41) is 5.38. The number of aromatic nitrogens is 2. The maximum Gasteiger partial charge on any atom is 0.0954 e. The van der Waals surface area contributed by atoms with Crippen molar-refractivity contribution in [1.29, 1.82) is 0 Å². The molecule has 0 fully saturated rings. The molecule has 2 nitrogen and oxygen atoms in total. The molecule has 3 heterocycles. The van der Waals surface area contributed by atoms with E-state index in [1.807, 2.05) is 0 Å². The Hall–Kier alpha value is -3.52. The number of hydrogen-bond acceptors (Lipinski definition) is 0. The fourth-order valence-corrected chi connectivity index (χ4v) is 6.96. The lowest BCUT2D eigenvalue weighted by Crippen LogP contribution is -2.48. The summed E-state index contributed by atoms with van der Waals surface area (Å²) in [5.74, 6) is 0. The molecule has 1 aliphatic heterocycles. The average Bonchev–Trinajstić information content (AvgIpc) is 3.31. The Morgan fingerprint density at radius 1 is 0.645 bits per heavy atom. The quantitative estimate of drug-likeness (QED) is 0.279. The van der Waals surface area contributed by atoms with Crippen molar-refractivity contribution < 1.29 is 0 Å². The van der Waals surface area contributed by atoms with E-state index in [0.29, 0.717) is 0 Å². The van der Waals surface area contributed by atoms with Gasteiger partial charge in [0.15, 0.2) is 0 Å². The molecule has 6 aromatic rings. The van der Waals surface area contributed by atoms with E-state index in [-0.39, 0.29) is 11.0 Å². The second-order valence-electron chi connectivity index (χ2n) is 10.0. The molecule has 0 spiro atoms. The molecule has 1 aliphatic carbocycles. The van der Waals surface area contributed by atoms with Gasteiger partial charge in [-0.25, -0.2) is 0 Å². The first kappa shape index (κ1) is 16.2. The summed E-state index contributed by atoms with van der Waals surface area (Å²) in [7, 11) is 0. The fraction of sp³-hybridized carbons (Fsp3) is 0.172. The maximum atomic E-state index is 3.80. The van der Waals surface area contributed by atoms with E-state index < -0.39 is 0 Å². The molecule has 2 heteroatoms. The predicted octanol–water partition coefficient (Wildman–Crippen LogP) is 7.19. The molecule has 0 amide bonds. The van der Waals surface area contributed by atoms with E-state index >= 15 is 0 Å². The van der Waals surface area contributed by atoms with Crippen LogP contribution in [0.4, 0.5) is 0 Å². The minimum Gasteiger partial charge on any atom is -0.354 e. The molecule has 31 heavy (non-hydrogen) atoms. The molecule has 2 aromatic heterocycles. The second-order valence-corrected chi connectivity index (χ2v) is 10.0. The summed E-state index contributed by atoms with van der Waals surface area (Å²) in [6, 6.07) is 27.1. The van der Waals surface area contributed by atoms with Crippen LogP contribution in [0.2, 0.25) is 0 Å². The van der Waals surface area contributed by atoms with Crippen LogP contribution < -0.4 is 0 Å². The van der Waals surface area contributed by atoms with Crippen LogP contribution in [-0.4, -0.2) is 9.55 Å². The van der Waals surface area contributed by atoms with E-state index in [1.165, 1.54) is 65.9 Å². The van der Waals surface area contributed by atoms with Crippen molar-refractivity contribution in [2.24, 2.45) is 0 Å². The molecule has 1 N–H and O–H groups in total. The average molecular weight is 399 g/mol. The van der Waals surface area contributed by atoms with Crippen LogP contribution in [0.1, 0.15) is 43.0 Å². The van der Waals surface area contributed by atoms with Gasteiger partial charge in [-0.3, -0.25) is 0 Å². The zero-order chi connectivity index (χ0) is 20.7. The lowest BCUT2D eigenvalue weighted by molar-refractivity contribution is 0.417. The normalized spacial score (nSPS) is 20.5. The second kappa shape index (κ2) is 4.70. The molecule has 1 unspecified atom stereocenters. The number of aromatic amines is 1. The highest BCUT2D eigenvalue weighted by Gasteiger charge is 2.53. The highest BCUT2D eigenvalue weighted by Crippen LogP contribution is 2.61. The Balaban J connectivity index is 1.61. The van der Waals surface area contributed by atoms with Crippen molar-refractivity contribution in [1.82, 2.24) is 9.55 Å². The van der Waals surface area contributed by atoms with Gasteiger partial charge in [0.2, 0.25) is 0 Å². The highest BCUT2D eigenvalue weighted by atomic mass is 15.1. The number of rotatable bonds is 0. The maximum absolute atomic E-state index is 3.80. The lowest BCUT2D eigenvalue weighted by atomic mass is 9.59. The van der Waals surface area contributed by atoms with Crippen LogP contribution in [0, 0.1) is 0 Å². The number of H-pyrrole nitrogens is 1. The summed E-state index contributed by atoms with van der Waals surface area (Å²) in [6.07, 6.45) is 0. The summed E-state index contributed by atoms with van der Waals surface area (Å²) in [5.41, 5.74) is 10.9. The van der Waals surface area contributed by atoms with Gasteiger partial charge in [-0.05, 0) is 35.7 Å². The van der Waals surface area contributed by atoms with Gasteiger partial charge in [0.1, 0.15) is 0 Å². The van der Waals surface area contributed by atoms with Gasteiger partial charge in [-0.15, -0.1) is 0 Å². The smallest absolute Gasteiger partial charge is 0.0954 e. The molecule has 0 bridgehead atoms. The van der Waals surface area contributed by atoms with Crippen molar-refractivity contribution >= 4 is 43.6 Å². The topological polar surface area (TPSA) is 20.7 Å². The Morgan fingerprint density at radius 2 is 1.35 bits per heavy atom. The summed E-state index contributed by atoms with van der Waals surface area (Å²) >= 11 is 0. The number of hydrogen-bond donors (Lipinski definition) is 1. The molecular weight excluding hydrogens is 376 g/mol.